The van der Waals surface area contributed by atoms with E-state index in [1.165, 1.54) is 0 Å². The molecular weight excluding hydrogens is 356 g/mol. The van der Waals surface area contributed by atoms with Gasteiger partial charge in [0.25, 0.3) is 11.5 Å². The number of benzene rings is 1. The van der Waals surface area contributed by atoms with E-state index in [4.69, 9.17) is 0 Å². The molecular formula is C21H26N4O3. The lowest BCUT2D eigenvalue weighted by molar-refractivity contribution is -0.122. The van der Waals surface area contributed by atoms with Gasteiger partial charge in [-0.25, -0.2) is 0 Å². The van der Waals surface area contributed by atoms with E-state index >= 15 is 0 Å². The molecule has 1 saturated heterocycles. The van der Waals surface area contributed by atoms with Crippen molar-refractivity contribution in [2.75, 3.05) is 39.3 Å². The highest BCUT2D eigenvalue weighted by Crippen LogP contribution is 2.07. The molecule has 1 fully saturated rings. The third-order valence-electron chi connectivity index (χ3n) is 4.85. The Morgan fingerprint density at radius 1 is 1.00 bits per heavy atom. The van der Waals surface area contributed by atoms with Crippen LogP contribution in [0.3, 0.4) is 0 Å². The van der Waals surface area contributed by atoms with Crippen LogP contribution in [-0.2, 0) is 11.3 Å². The lowest BCUT2D eigenvalue weighted by atomic mass is 10.2. The molecule has 3 rings (SSSR count). The standard InChI is InChI=1S/C21H26N4O3/c1-2-22-19(26)16-23-11-13-24(14-12-23)20(27)18-9-6-10-25(21(18)28)15-17-7-4-3-5-8-17/h3-10H,2,11-16H2,1H3,(H,22,26). The summed E-state index contributed by atoms with van der Waals surface area (Å²) in [7, 11) is 0. The third kappa shape index (κ3) is 4.86. The van der Waals surface area contributed by atoms with Gasteiger partial charge >= 0.3 is 0 Å². The number of amides is 2. The number of nitrogens with zero attached hydrogens (tertiary/aromatic N) is 3. The highest BCUT2D eigenvalue weighted by Gasteiger charge is 2.25. The van der Waals surface area contributed by atoms with Crippen molar-refractivity contribution in [2.24, 2.45) is 0 Å². The molecule has 2 amide bonds. The Labute approximate surface area is 164 Å². The largest absolute Gasteiger partial charge is 0.355 e. The predicted molar refractivity (Wildman–Crippen MR) is 107 cm³/mol. The van der Waals surface area contributed by atoms with Crippen LogP contribution in [0.2, 0.25) is 0 Å². The van der Waals surface area contributed by atoms with Crippen molar-refractivity contribution in [3.63, 3.8) is 0 Å². The van der Waals surface area contributed by atoms with Gasteiger partial charge in [0.15, 0.2) is 0 Å². The molecule has 0 bridgehead atoms. The van der Waals surface area contributed by atoms with Crippen LogP contribution < -0.4 is 10.9 Å². The number of piperazine rings is 1. The summed E-state index contributed by atoms with van der Waals surface area (Å²) < 4.78 is 1.56. The van der Waals surface area contributed by atoms with Crippen LogP contribution in [0.15, 0.2) is 53.5 Å². The number of carbonyl (C=O) groups excluding carboxylic acids is 2. The molecule has 28 heavy (non-hydrogen) atoms. The summed E-state index contributed by atoms with van der Waals surface area (Å²) in [6.45, 7) is 5.52. The zero-order chi connectivity index (χ0) is 19.9. The van der Waals surface area contributed by atoms with Crippen molar-refractivity contribution >= 4 is 11.8 Å². The molecule has 0 spiro atoms. The summed E-state index contributed by atoms with van der Waals surface area (Å²) >= 11 is 0. The monoisotopic (exact) mass is 382 g/mol. The second-order valence-electron chi connectivity index (χ2n) is 6.86. The number of nitrogens with one attached hydrogen (secondary N) is 1. The van der Waals surface area contributed by atoms with Crippen molar-refractivity contribution < 1.29 is 9.59 Å². The molecule has 0 radical (unpaired) electrons. The van der Waals surface area contributed by atoms with Gasteiger partial charge in [-0.1, -0.05) is 30.3 Å². The molecule has 0 aliphatic carbocycles. The smallest absolute Gasteiger partial charge is 0.263 e. The minimum Gasteiger partial charge on any atom is -0.355 e. The molecule has 7 heteroatoms. The molecule has 0 unspecified atom stereocenters. The molecule has 1 aromatic heterocycles. The van der Waals surface area contributed by atoms with E-state index < -0.39 is 0 Å². The van der Waals surface area contributed by atoms with Crippen molar-refractivity contribution in [1.29, 1.82) is 0 Å². The zero-order valence-corrected chi connectivity index (χ0v) is 16.1. The lowest BCUT2D eigenvalue weighted by Crippen LogP contribution is -2.51. The maximum Gasteiger partial charge on any atom is 0.263 e. The Balaban J connectivity index is 1.64. The summed E-state index contributed by atoms with van der Waals surface area (Å²) in [6, 6.07) is 13.0. The van der Waals surface area contributed by atoms with E-state index in [-0.39, 0.29) is 22.9 Å². The van der Waals surface area contributed by atoms with Gasteiger partial charge in [-0.15, -0.1) is 0 Å². The Hall–Kier alpha value is -2.93. The van der Waals surface area contributed by atoms with Gasteiger partial charge in [0.05, 0.1) is 13.1 Å². The number of hydrogen-bond donors (Lipinski definition) is 1. The summed E-state index contributed by atoms with van der Waals surface area (Å²) in [6.07, 6.45) is 1.70. The summed E-state index contributed by atoms with van der Waals surface area (Å²) in [5.74, 6) is -0.251. The van der Waals surface area contributed by atoms with E-state index in [0.717, 1.165) is 5.56 Å². The first-order valence-corrected chi connectivity index (χ1v) is 9.60. The Morgan fingerprint density at radius 2 is 1.71 bits per heavy atom. The van der Waals surface area contributed by atoms with Gasteiger partial charge in [-0.05, 0) is 24.6 Å². The van der Waals surface area contributed by atoms with Crippen LogP contribution in [-0.4, -0.2) is 65.4 Å². The topological polar surface area (TPSA) is 74.7 Å². The first kappa shape index (κ1) is 19.8. The maximum atomic E-state index is 12.9. The summed E-state index contributed by atoms with van der Waals surface area (Å²) in [4.78, 5) is 41.1. The quantitative estimate of drug-likeness (QED) is 0.802. The van der Waals surface area contributed by atoms with Gasteiger partial charge in [-0.3, -0.25) is 19.3 Å². The fourth-order valence-electron chi connectivity index (χ4n) is 3.34. The molecule has 148 valence electrons. The van der Waals surface area contributed by atoms with Crippen LogP contribution in [0, 0.1) is 0 Å². The van der Waals surface area contributed by atoms with Gasteiger partial charge in [0.1, 0.15) is 5.56 Å². The molecule has 1 aliphatic heterocycles. The number of likely N-dealkylation sites (N-methyl/N-ethyl adjacent to an activating group) is 1. The third-order valence-corrected chi connectivity index (χ3v) is 4.85. The van der Waals surface area contributed by atoms with Crippen molar-refractivity contribution in [2.45, 2.75) is 13.5 Å². The van der Waals surface area contributed by atoms with Crippen LogP contribution >= 0.6 is 0 Å². The van der Waals surface area contributed by atoms with Gasteiger partial charge < -0.3 is 14.8 Å². The summed E-state index contributed by atoms with van der Waals surface area (Å²) in [5.41, 5.74) is 0.921. The van der Waals surface area contributed by atoms with Crippen LogP contribution in [0.4, 0.5) is 0 Å². The normalized spacial score (nSPS) is 14.7. The molecule has 1 aromatic carbocycles. The van der Waals surface area contributed by atoms with Crippen LogP contribution in [0.1, 0.15) is 22.8 Å². The Kier molecular flexibility index (Phi) is 6.60. The van der Waals surface area contributed by atoms with Gasteiger partial charge in [0, 0.05) is 38.9 Å². The fourth-order valence-corrected chi connectivity index (χ4v) is 3.34. The van der Waals surface area contributed by atoms with E-state index in [0.29, 0.717) is 45.8 Å². The highest BCUT2D eigenvalue weighted by molar-refractivity contribution is 5.94. The number of rotatable bonds is 6. The predicted octanol–water partition coefficient (Wildman–Crippen LogP) is 0.791. The lowest BCUT2D eigenvalue weighted by Gasteiger charge is -2.34. The molecule has 0 atom stereocenters. The van der Waals surface area contributed by atoms with E-state index in [2.05, 4.69) is 5.32 Å². The van der Waals surface area contributed by atoms with Crippen LogP contribution in [0.25, 0.3) is 0 Å². The average Bonchev–Trinajstić information content (AvgIpc) is 2.71. The number of aromatic nitrogens is 1. The molecule has 0 saturated carbocycles. The molecule has 2 aromatic rings. The second-order valence-corrected chi connectivity index (χ2v) is 6.86. The van der Waals surface area contributed by atoms with Crippen molar-refractivity contribution in [3.8, 4) is 0 Å². The minimum absolute atomic E-state index is 0.00543. The average molecular weight is 382 g/mol. The van der Waals surface area contributed by atoms with Crippen molar-refractivity contribution in [3.05, 3.63) is 70.1 Å². The maximum absolute atomic E-state index is 12.9. The molecule has 1 N–H and O–H groups in total. The molecule has 2 heterocycles. The van der Waals surface area contributed by atoms with E-state index in [9.17, 15) is 14.4 Å². The first-order valence-electron chi connectivity index (χ1n) is 9.60. The van der Waals surface area contributed by atoms with Crippen LogP contribution in [0.5, 0.6) is 0 Å². The Bertz CT molecular complexity index is 871. The zero-order valence-electron chi connectivity index (χ0n) is 16.1. The minimum atomic E-state index is -0.277. The van der Waals surface area contributed by atoms with E-state index in [1.54, 1.807) is 27.8 Å². The Morgan fingerprint density at radius 3 is 2.39 bits per heavy atom. The number of hydrogen-bond acceptors (Lipinski definition) is 4. The van der Waals surface area contributed by atoms with E-state index in [1.807, 2.05) is 42.2 Å². The first-order chi connectivity index (χ1) is 13.6. The number of carbonyl (C=O) groups is 2. The van der Waals surface area contributed by atoms with Gasteiger partial charge in [0.2, 0.25) is 5.91 Å². The molecule has 1 aliphatic rings. The fraction of sp³-hybridized carbons (Fsp3) is 0.381. The molecule has 7 nitrogen and oxygen atoms in total. The second kappa shape index (κ2) is 9.32. The number of pyridine rings is 1. The van der Waals surface area contributed by atoms with Gasteiger partial charge in [-0.2, -0.15) is 0 Å². The SMILES string of the molecule is CCNC(=O)CN1CCN(C(=O)c2cccn(Cc3ccccc3)c2=O)CC1. The summed E-state index contributed by atoms with van der Waals surface area (Å²) in [5, 5.41) is 2.78. The highest BCUT2D eigenvalue weighted by atomic mass is 16.2. The van der Waals surface area contributed by atoms with Crippen molar-refractivity contribution in [1.82, 2.24) is 19.7 Å².